The van der Waals surface area contributed by atoms with Crippen molar-refractivity contribution in [2.45, 2.75) is 20.8 Å². The second-order valence-electron chi connectivity index (χ2n) is 4.09. The monoisotopic (exact) mass is 243 g/mol. The number of aromatic carboxylic acids is 1. The molecule has 0 aliphatic rings. The zero-order valence-electron chi connectivity index (χ0n) is 10.4. The van der Waals surface area contributed by atoms with E-state index < -0.39 is 5.97 Å². The van der Waals surface area contributed by atoms with Gasteiger partial charge in [-0.2, -0.15) is 0 Å². The van der Waals surface area contributed by atoms with Crippen molar-refractivity contribution in [2.75, 3.05) is 0 Å². The third-order valence-corrected chi connectivity index (χ3v) is 2.75. The van der Waals surface area contributed by atoms with Gasteiger partial charge in [0.05, 0.1) is 11.4 Å². The van der Waals surface area contributed by atoms with Crippen LogP contribution in [0.2, 0.25) is 0 Å². The standard InChI is InChI=1S/C13H13N3O2/c1-7-6-14-5-4-10(7)12-15-8(2)11(13(17)18)9(3)16-12/h4-6H,1-3H3,(H,17,18). The van der Waals surface area contributed by atoms with Gasteiger partial charge in [-0.05, 0) is 32.4 Å². The summed E-state index contributed by atoms with van der Waals surface area (Å²) >= 11 is 0. The van der Waals surface area contributed by atoms with Crippen LogP contribution in [0.5, 0.6) is 0 Å². The van der Waals surface area contributed by atoms with Gasteiger partial charge in [-0.15, -0.1) is 0 Å². The molecular formula is C13H13N3O2. The zero-order chi connectivity index (χ0) is 13.3. The summed E-state index contributed by atoms with van der Waals surface area (Å²) in [7, 11) is 0. The SMILES string of the molecule is Cc1cnccc1-c1nc(C)c(C(=O)O)c(C)n1. The summed E-state index contributed by atoms with van der Waals surface area (Å²) in [6.07, 6.45) is 3.40. The molecule has 2 aromatic heterocycles. The number of aromatic nitrogens is 3. The highest BCUT2D eigenvalue weighted by Crippen LogP contribution is 2.21. The Hall–Kier alpha value is -2.30. The molecule has 0 amide bonds. The predicted octanol–water partition coefficient (Wildman–Crippen LogP) is 2.16. The Kier molecular flexibility index (Phi) is 3.06. The number of nitrogens with zero attached hydrogens (tertiary/aromatic N) is 3. The molecule has 0 saturated carbocycles. The Bertz CT molecular complexity index is 600. The number of carboxylic acids is 1. The third kappa shape index (κ3) is 2.07. The first-order chi connectivity index (χ1) is 8.50. The van der Waals surface area contributed by atoms with Crippen LogP contribution in [-0.2, 0) is 0 Å². The second-order valence-corrected chi connectivity index (χ2v) is 4.09. The van der Waals surface area contributed by atoms with Crippen molar-refractivity contribution in [3.8, 4) is 11.4 Å². The molecule has 0 spiro atoms. The van der Waals surface area contributed by atoms with Gasteiger partial charge >= 0.3 is 5.97 Å². The van der Waals surface area contributed by atoms with Gasteiger partial charge in [0, 0.05) is 18.0 Å². The van der Waals surface area contributed by atoms with Crippen molar-refractivity contribution in [3.63, 3.8) is 0 Å². The number of carbonyl (C=O) groups is 1. The summed E-state index contributed by atoms with van der Waals surface area (Å²) in [4.78, 5) is 23.6. The van der Waals surface area contributed by atoms with E-state index in [1.807, 2.05) is 13.0 Å². The molecule has 92 valence electrons. The Morgan fingerprint density at radius 3 is 2.28 bits per heavy atom. The van der Waals surface area contributed by atoms with E-state index in [1.54, 1.807) is 26.2 Å². The van der Waals surface area contributed by atoms with Crippen LogP contribution in [0.15, 0.2) is 18.5 Å². The molecule has 0 aliphatic carbocycles. The Morgan fingerprint density at radius 1 is 1.17 bits per heavy atom. The maximum atomic E-state index is 11.1. The maximum absolute atomic E-state index is 11.1. The van der Waals surface area contributed by atoms with Crippen molar-refractivity contribution in [1.29, 1.82) is 0 Å². The molecular weight excluding hydrogens is 230 g/mol. The van der Waals surface area contributed by atoms with E-state index >= 15 is 0 Å². The van der Waals surface area contributed by atoms with Crippen LogP contribution < -0.4 is 0 Å². The van der Waals surface area contributed by atoms with Gasteiger partial charge in [0.1, 0.15) is 5.56 Å². The molecule has 2 aromatic rings. The average Bonchev–Trinajstić information content (AvgIpc) is 2.27. The first-order valence-electron chi connectivity index (χ1n) is 5.50. The van der Waals surface area contributed by atoms with Crippen molar-refractivity contribution >= 4 is 5.97 Å². The van der Waals surface area contributed by atoms with Crippen molar-refractivity contribution in [2.24, 2.45) is 0 Å². The molecule has 0 aromatic carbocycles. The predicted molar refractivity (Wildman–Crippen MR) is 66.4 cm³/mol. The van der Waals surface area contributed by atoms with Crippen LogP contribution in [0.1, 0.15) is 27.3 Å². The lowest BCUT2D eigenvalue weighted by atomic mass is 10.1. The van der Waals surface area contributed by atoms with E-state index in [-0.39, 0.29) is 5.56 Å². The van der Waals surface area contributed by atoms with E-state index in [1.165, 1.54) is 0 Å². The molecule has 0 saturated heterocycles. The molecule has 5 heteroatoms. The first kappa shape index (κ1) is 12.2. The number of aryl methyl sites for hydroxylation is 3. The summed E-state index contributed by atoms with van der Waals surface area (Å²) in [6, 6.07) is 1.82. The van der Waals surface area contributed by atoms with Crippen LogP contribution in [-0.4, -0.2) is 26.0 Å². The molecule has 0 aliphatic heterocycles. The fourth-order valence-corrected chi connectivity index (χ4v) is 1.87. The molecule has 2 rings (SSSR count). The van der Waals surface area contributed by atoms with E-state index in [0.29, 0.717) is 17.2 Å². The van der Waals surface area contributed by atoms with Gasteiger partial charge < -0.3 is 5.11 Å². The smallest absolute Gasteiger partial charge is 0.339 e. The molecule has 0 atom stereocenters. The number of hydrogen-bond acceptors (Lipinski definition) is 4. The van der Waals surface area contributed by atoms with Crippen molar-refractivity contribution < 1.29 is 9.90 Å². The van der Waals surface area contributed by atoms with E-state index in [4.69, 9.17) is 5.11 Å². The lowest BCUT2D eigenvalue weighted by Crippen LogP contribution is -2.08. The van der Waals surface area contributed by atoms with Gasteiger partial charge in [0.2, 0.25) is 0 Å². The summed E-state index contributed by atoms with van der Waals surface area (Å²) in [5, 5.41) is 9.07. The molecule has 0 radical (unpaired) electrons. The lowest BCUT2D eigenvalue weighted by molar-refractivity contribution is 0.0694. The summed E-state index contributed by atoms with van der Waals surface area (Å²) in [5.74, 6) is -0.460. The largest absolute Gasteiger partial charge is 0.478 e. The number of pyridine rings is 1. The molecule has 0 bridgehead atoms. The number of rotatable bonds is 2. The highest BCUT2D eigenvalue weighted by molar-refractivity contribution is 5.90. The van der Waals surface area contributed by atoms with Crippen molar-refractivity contribution in [1.82, 2.24) is 15.0 Å². The summed E-state index contributed by atoms with van der Waals surface area (Å²) in [5.41, 5.74) is 2.94. The molecule has 0 fully saturated rings. The molecule has 18 heavy (non-hydrogen) atoms. The normalized spacial score (nSPS) is 10.4. The van der Waals surface area contributed by atoms with E-state index in [9.17, 15) is 4.79 Å². The highest BCUT2D eigenvalue weighted by Gasteiger charge is 2.16. The Labute approximate surface area is 105 Å². The van der Waals surface area contributed by atoms with Crippen LogP contribution in [0, 0.1) is 20.8 Å². The molecule has 0 unspecified atom stereocenters. The van der Waals surface area contributed by atoms with Gasteiger partial charge in [0.25, 0.3) is 0 Å². The summed E-state index contributed by atoms with van der Waals surface area (Å²) in [6.45, 7) is 5.28. The minimum atomic E-state index is -0.997. The first-order valence-corrected chi connectivity index (χ1v) is 5.50. The number of carboxylic acid groups (broad SMARTS) is 1. The van der Waals surface area contributed by atoms with Crippen LogP contribution >= 0.6 is 0 Å². The van der Waals surface area contributed by atoms with Gasteiger partial charge in [-0.25, -0.2) is 14.8 Å². The van der Waals surface area contributed by atoms with Crippen LogP contribution in [0.3, 0.4) is 0 Å². The minimum absolute atomic E-state index is 0.172. The minimum Gasteiger partial charge on any atom is -0.478 e. The van der Waals surface area contributed by atoms with Crippen LogP contribution in [0.25, 0.3) is 11.4 Å². The van der Waals surface area contributed by atoms with Gasteiger partial charge in [-0.3, -0.25) is 4.98 Å². The molecule has 2 heterocycles. The third-order valence-electron chi connectivity index (χ3n) is 2.75. The second kappa shape index (κ2) is 4.52. The molecule has 5 nitrogen and oxygen atoms in total. The Morgan fingerprint density at radius 2 is 1.78 bits per heavy atom. The highest BCUT2D eigenvalue weighted by atomic mass is 16.4. The topological polar surface area (TPSA) is 76.0 Å². The van der Waals surface area contributed by atoms with E-state index in [2.05, 4.69) is 15.0 Å². The zero-order valence-corrected chi connectivity index (χ0v) is 10.4. The van der Waals surface area contributed by atoms with Gasteiger partial charge in [0.15, 0.2) is 5.82 Å². The average molecular weight is 243 g/mol. The quantitative estimate of drug-likeness (QED) is 0.874. The fraction of sp³-hybridized carbons (Fsp3) is 0.231. The number of hydrogen-bond donors (Lipinski definition) is 1. The van der Waals surface area contributed by atoms with Gasteiger partial charge in [-0.1, -0.05) is 0 Å². The van der Waals surface area contributed by atoms with Crippen molar-refractivity contribution in [3.05, 3.63) is 41.0 Å². The van der Waals surface area contributed by atoms with E-state index in [0.717, 1.165) is 11.1 Å². The lowest BCUT2D eigenvalue weighted by Gasteiger charge is -2.08. The Balaban J connectivity index is 2.62. The summed E-state index contributed by atoms with van der Waals surface area (Å²) < 4.78 is 0. The maximum Gasteiger partial charge on any atom is 0.339 e. The fourth-order valence-electron chi connectivity index (χ4n) is 1.87. The van der Waals surface area contributed by atoms with Crippen LogP contribution in [0.4, 0.5) is 0 Å². The molecule has 1 N–H and O–H groups in total.